The Balaban J connectivity index is 2.61. The molecule has 0 aliphatic heterocycles. The monoisotopic (exact) mass is 261 g/mol. The molecule has 100 valence electrons. The van der Waals surface area contributed by atoms with Crippen LogP contribution in [0.1, 0.15) is 23.7 Å². The molecule has 0 unspecified atom stereocenters. The molecule has 2 rings (SSSR count). The summed E-state index contributed by atoms with van der Waals surface area (Å²) >= 11 is 0. The van der Waals surface area contributed by atoms with Crippen LogP contribution in [0, 0.1) is 0 Å². The van der Waals surface area contributed by atoms with Crippen molar-refractivity contribution in [3.05, 3.63) is 30.0 Å². The highest BCUT2D eigenvalue weighted by atomic mass is 16.5. The van der Waals surface area contributed by atoms with Crippen molar-refractivity contribution in [3.8, 4) is 5.75 Å². The van der Waals surface area contributed by atoms with Crippen LogP contribution in [0.4, 0.5) is 0 Å². The average molecular weight is 261 g/mol. The van der Waals surface area contributed by atoms with Crippen molar-refractivity contribution in [1.29, 1.82) is 0 Å². The van der Waals surface area contributed by atoms with Crippen LogP contribution in [-0.4, -0.2) is 28.5 Å². The molecular formula is C14H15NO4. The summed E-state index contributed by atoms with van der Waals surface area (Å²) in [7, 11) is 1.55. The zero-order valence-electron chi connectivity index (χ0n) is 10.8. The number of rotatable bonds is 5. The summed E-state index contributed by atoms with van der Waals surface area (Å²) in [6.45, 7) is 1.80. The highest BCUT2D eigenvalue weighted by Gasteiger charge is 2.15. The van der Waals surface area contributed by atoms with Crippen LogP contribution >= 0.6 is 0 Å². The number of methoxy groups -OCH3 is 1. The lowest BCUT2D eigenvalue weighted by atomic mass is 10.1. The fourth-order valence-electron chi connectivity index (χ4n) is 2.16. The van der Waals surface area contributed by atoms with Crippen molar-refractivity contribution in [3.63, 3.8) is 0 Å². The predicted molar refractivity (Wildman–Crippen MR) is 70.7 cm³/mol. The molecule has 0 saturated carbocycles. The number of aromatic nitrogens is 1. The third kappa shape index (κ3) is 2.45. The Morgan fingerprint density at radius 1 is 1.37 bits per heavy atom. The van der Waals surface area contributed by atoms with E-state index in [1.165, 1.54) is 6.92 Å². The van der Waals surface area contributed by atoms with E-state index in [4.69, 9.17) is 9.84 Å². The smallest absolute Gasteiger partial charge is 0.305 e. The molecule has 0 amide bonds. The van der Waals surface area contributed by atoms with Gasteiger partial charge in [-0.1, -0.05) is 12.1 Å². The number of hydrogen-bond donors (Lipinski definition) is 1. The van der Waals surface area contributed by atoms with E-state index < -0.39 is 5.97 Å². The Hall–Kier alpha value is -2.30. The molecule has 5 heteroatoms. The number of carboxylic acids is 1. The zero-order chi connectivity index (χ0) is 14.0. The second-order valence-electron chi connectivity index (χ2n) is 4.29. The quantitative estimate of drug-likeness (QED) is 0.839. The van der Waals surface area contributed by atoms with Crippen LogP contribution in [-0.2, 0) is 11.3 Å². The highest BCUT2D eigenvalue weighted by molar-refractivity contribution is 6.08. The number of ketones is 1. The maximum absolute atomic E-state index is 11.6. The molecule has 0 aliphatic carbocycles. The first-order valence-corrected chi connectivity index (χ1v) is 5.93. The van der Waals surface area contributed by atoms with Crippen molar-refractivity contribution in [2.45, 2.75) is 19.9 Å². The third-order valence-electron chi connectivity index (χ3n) is 3.03. The van der Waals surface area contributed by atoms with Crippen molar-refractivity contribution < 1.29 is 19.4 Å². The summed E-state index contributed by atoms with van der Waals surface area (Å²) in [5, 5.41) is 9.57. The average Bonchev–Trinajstić information content (AvgIpc) is 2.75. The van der Waals surface area contributed by atoms with E-state index in [2.05, 4.69) is 0 Å². The molecule has 2 aromatic rings. The number of aryl methyl sites for hydroxylation is 1. The van der Waals surface area contributed by atoms with E-state index in [1.54, 1.807) is 23.9 Å². The minimum absolute atomic E-state index is 0.000820. The maximum Gasteiger partial charge on any atom is 0.305 e. The van der Waals surface area contributed by atoms with Crippen molar-refractivity contribution in [2.24, 2.45) is 0 Å². The number of Topliss-reactive ketones (excluding diaryl/α,β-unsaturated/α-hetero) is 1. The fourth-order valence-corrected chi connectivity index (χ4v) is 2.16. The second kappa shape index (κ2) is 5.14. The molecule has 0 spiro atoms. The number of nitrogens with zero attached hydrogens (tertiary/aromatic N) is 1. The highest BCUT2D eigenvalue weighted by Crippen LogP contribution is 2.30. The summed E-state index contributed by atoms with van der Waals surface area (Å²) in [5.74, 6) is -0.288. The Kier molecular flexibility index (Phi) is 3.55. The molecule has 1 aromatic carbocycles. The molecule has 5 nitrogen and oxygen atoms in total. The first-order chi connectivity index (χ1) is 9.04. The van der Waals surface area contributed by atoms with Gasteiger partial charge in [0.05, 0.1) is 19.0 Å². The van der Waals surface area contributed by atoms with Crippen LogP contribution in [0.5, 0.6) is 5.75 Å². The zero-order valence-corrected chi connectivity index (χ0v) is 10.8. The molecule has 1 aromatic heterocycles. The van der Waals surface area contributed by atoms with Gasteiger partial charge in [0.2, 0.25) is 0 Å². The molecule has 19 heavy (non-hydrogen) atoms. The van der Waals surface area contributed by atoms with Gasteiger partial charge in [-0.2, -0.15) is 0 Å². The van der Waals surface area contributed by atoms with Crippen LogP contribution in [0.25, 0.3) is 10.9 Å². The summed E-state index contributed by atoms with van der Waals surface area (Å²) in [6, 6.07) is 5.45. The first-order valence-electron chi connectivity index (χ1n) is 5.93. The van der Waals surface area contributed by atoms with Gasteiger partial charge < -0.3 is 14.4 Å². The molecule has 0 saturated heterocycles. The largest absolute Gasteiger partial charge is 0.495 e. The summed E-state index contributed by atoms with van der Waals surface area (Å²) in [5.41, 5.74) is 1.34. The van der Waals surface area contributed by atoms with E-state index in [1.807, 2.05) is 12.1 Å². The number of ether oxygens (including phenoxy) is 1. The lowest BCUT2D eigenvalue weighted by molar-refractivity contribution is -0.137. The summed E-state index contributed by atoms with van der Waals surface area (Å²) in [6.07, 6.45) is 1.69. The fraction of sp³-hybridized carbons (Fsp3) is 0.286. The third-order valence-corrected chi connectivity index (χ3v) is 3.03. The summed E-state index contributed by atoms with van der Waals surface area (Å²) < 4.78 is 7.05. The number of carboxylic acid groups (broad SMARTS) is 1. The summed E-state index contributed by atoms with van der Waals surface area (Å²) in [4.78, 5) is 22.3. The van der Waals surface area contributed by atoms with Crippen LogP contribution in [0.3, 0.4) is 0 Å². The number of carbonyl (C=O) groups excluding carboxylic acids is 1. The van der Waals surface area contributed by atoms with E-state index in [-0.39, 0.29) is 12.2 Å². The topological polar surface area (TPSA) is 68.5 Å². The van der Waals surface area contributed by atoms with Gasteiger partial charge in [-0.25, -0.2) is 0 Å². The van der Waals surface area contributed by atoms with Gasteiger partial charge >= 0.3 is 5.97 Å². The number of carbonyl (C=O) groups is 2. The lowest BCUT2D eigenvalue weighted by Crippen LogP contribution is -2.04. The molecule has 1 N–H and O–H groups in total. The Bertz CT molecular complexity index is 642. The Labute approximate surface area is 110 Å². The van der Waals surface area contributed by atoms with E-state index in [9.17, 15) is 9.59 Å². The van der Waals surface area contributed by atoms with Gasteiger partial charge in [-0.05, 0) is 13.0 Å². The van der Waals surface area contributed by atoms with Crippen LogP contribution in [0.2, 0.25) is 0 Å². The molecule has 0 aliphatic rings. The van der Waals surface area contributed by atoms with E-state index in [0.29, 0.717) is 17.9 Å². The van der Waals surface area contributed by atoms with E-state index in [0.717, 1.165) is 10.9 Å². The Morgan fingerprint density at radius 3 is 2.68 bits per heavy atom. The minimum atomic E-state index is -0.874. The molecular weight excluding hydrogens is 246 g/mol. The van der Waals surface area contributed by atoms with Gasteiger partial charge in [0.15, 0.2) is 5.78 Å². The van der Waals surface area contributed by atoms with Gasteiger partial charge in [0, 0.05) is 23.7 Å². The molecule has 0 bridgehead atoms. The van der Waals surface area contributed by atoms with Gasteiger partial charge in [0.1, 0.15) is 5.75 Å². The standard InChI is InChI=1S/C14H15NO4/c1-9(16)11-8-15(7-6-13(17)18)14-10(11)4-3-5-12(14)19-2/h3-5,8H,6-7H2,1-2H3,(H,17,18). The normalized spacial score (nSPS) is 10.6. The van der Waals surface area contributed by atoms with Gasteiger partial charge in [-0.3, -0.25) is 9.59 Å². The van der Waals surface area contributed by atoms with Crippen molar-refractivity contribution in [2.75, 3.05) is 7.11 Å². The first kappa shape index (κ1) is 13.1. The number of fused-ring (bicyclic) bond motifs is 1. The lowest BCUT2D eigenvalue weighted by Gasteiger charge is -2.07. The predicted octanol–water partition coefficient (Wildman–Crippen LogP) is 2.33. The number of aliphatic carboxylic acids is 1. The molecule has 0 atom stereocenters. The van der Waals surface area contributed by atoms with Crippen molar-refractivity contribution >= 4 is 22.7 Å². The van der Waals surface area contributed by atoms with Crippen LogP contribution < -0.4 is 4.74 Å². The van der Waals surface area contributed by atoms with Gasteiger partial charge in [0.25, 0.3) is 0 Å². The van der Waals surface area contributed by atoms with Crippen LogP contribution in [0.15, 0.2) is 24.4 Å². The minimum Gasteiger partial charge on any atom is -0.495 e. The number of para-hydroxylation sites is 1. The second-order valence-corrected chi connectivity index (χ2v) is 4.29. The maximum atomic E-state index is 11.6. The molecule has 0 radical (unpaired) electrons. The molecule has 1 heterocycles. The van der Waals surface area contributed by atoms with E-state index >= 15 is 0 Å². The number of hydrogen-bond acceptors (Lipinski definition) is 3. The Morgan fingerprint density at radius 2 is 2.11 bits per heavy atom. The number of benzene rings is 1. The van der Waals surface area contributed by atoms with Crippen molar-refractivity contribution in [1.82, 2.24) is 4.57 Å². The van der Waals surface area contributed by atoms with Gasteiger partial charge in [-0.15, -0.1) is 0 Å². The molecule has 0 fully saturated rings. The SMILES string of the molecule is COc1cccc2c(C(C)=O)cn(CCC(=O)O)c12.